The van der Waals surface area contributed by atoms with E-state index in [1.165, 1.54) is 0 Å². The minimum atomic E-state index is -0.144. The van der Waals surface area contributed by atoms with Crippen LogP contribution in [0, 0.1) is 0 Å². The van der Waals surface area contributed by atoms with Gasteiger partial charge < -0.3 is 10.2 Å². The van der Waals surface area contributed by atoms with Crippen molar-refractivity contribution in [3.63, 3.8) is 0 Å². The predicted octanol–water partition coefficient (Wildman–Crippen LogP) is 0.848. The molecular formula is C9H17ClN2O. The van der Waals surface area contributed by atoms with Crippen molar-refractivity contribution in [3.05, 3.63) is 12.2 Å². The van der Waals surface area contributed by atoms with E-state index in [-0.39, 0.29) is 11.9 Å². The Morgan fingerprint density at radius 2 is 2.15 bits per heavy atom. The van der Waals surface area contributed by atoms with Crippen molar-refractivity contribution >= 4 is 17.5 Å². The number of carbonyl (C=O) groups is 1. The van der Waals surface area contributed by atoms with E-state index < -0.39 is 0 Å². The lowest BCUT2D eigenvalue weighted by atomic mass is 10.3. The average molecular weight is 205 g/mol. The Morgan fingerprint density at radius 3 is 2.62 bits per heavy atom. The summed E-state index contributed by atoms with van der Waals surface area (Å²) in [5.41, 5.74) is 0. The third kappa shape index (κ3) is 5.66. The van der Waals surface area contributed by atoms with Crippen LogP contribution < -0.4 is 5.32 Å². The summed E-state index contributed by atoms with van der Waals surface area (Å²) >= 11 is 5.44. The fraction of sp³-hybridized carbons (Fsp3) is 0.667. The monoisotopic (exact) mass is 204 g/mol. The Bertz CT molecular complexity index is 180. The number of hydrogen-bond donors (Lipinski definition) is 1. The van der Waals surface area contributed by atoms with Crippen molar-refractivity contribution in [1.29, 1.82) is 0 Å². The maximum Gasteiger partial charge on any atom is 0.238 e. The lowest BCUT2D eigenvalue weighted by Crippen LogP contribution is -2.41. The molecule has 0 aromatic rings. The van der Waals surface area contributed by atoms with Crippen molar-refractivity contribution < 1.29 is 4.79 Å². The Morgan fingerprint density at radius 1 is 1.54 bits per heavy atom. The Kier molecular flexibility index (Phi) is 6.63. The van der Waals surface area contributed by atoms with E-state index in [1.807, 2.05) is 19.1 Å². The Balaban J connectivity index is 3.68. The first-order chi connectivity index (χ1) is 6.09. The minimum Gasteiger partial charge on any atom is -0.347 e. The fourth-order valence-electron chi connectivity index (χ4n) is 0.866. The van der Waals surface area contributed by atoms with E-state index >= 15 is 0 Å². The van der Waals surface area contributed by atoms with Gasteiger partial charge in [0.25, 0.3) is 0 Å². The Hall–Kier alpha value is -0.540. The van der Waals surface area contributed by atoms with Gasteiger partial charge in [-0.2, -0.15) is 0 Å². The zero-order valence-electron chi connectivity index (χ0n) is 8.38. The molecule has 1 amide bonds. The van der Waals surface area contributed by atoms with Gasteiger partial charge in [0.2, 0.25) is 5.91 Å². The molecule has 0 spiro atoms. The van der Waals surface area contributed by atoms with Crippen LogP contribution in [0.25, 0.3) is 0 Å². The van der Waals surface area contributed by atoms with Crippen LogP contribution in [0.15, 0.2) is 12.2 Å². The number of amides is 1. The number of nitrogens with one attached hydrogen (secondary N) is 1. The average Bonchev–Trinajstić information content (AvgIpc) is 2.10. The molecule has 0 aliphatic carbocycles. The maximum atomic E-state index is 11.3. The van der Waals surface area contributed by atoms with Crippen LogP contribution in [0.4, 0.5) is 0 Å². The Labute approximate surface area is 84.7 Å². The maximum absolute atomic E-state index is 11.3. The number of rotatable bonds is 5. The van der Waals surface area contributed by atoms with Crippen molar-refractivity contribution in [2.45, 2.75) is 13.0 Å². The summed E-state index contributed by atoms with van der Waals surface area (Å²) in [5, 5.41) is 3.06. The van der Waals surface area contributed by atoms with Gasteiger partial charge in [-0.15, -0.1) is 11.6 Å². The van der Waals surface area contributed by atoms with Gasteiger partial charge in [0.05, 0.1) is 6.04 Å². The first kappa shape index (κ1) is 12.5. The zero-order chi connectivity index (χ0) is 10.3. The molecule has 0 saturated carbocycles. The van der Waals surface area contributed by atoms with E-state index in [4.69, 9.17) is 11.6 Å². The summed E-state index contributed by atoms with van der Waals surface area (Å²) in [5.74, 6) is 0.594. The molecule has 1 N–H and O–H groups in total. The first-order valence-electron chi connectivity index (χ1n) is 4.25. The molecule has 76 valence electrons. The number of carbonyl (C=O) groups excluding carboxylic acids is 1. The lowest BCUT2D eigenvalue weighted by molar-refractivity contribution is -0.130. The van der Waals surface area contributed by atoms with E-state index in [0.29, 0.717) is 12.4 Å². The van der Waals surface area contributed by atoms with E-state index in [2.05, 4.69) is 5.32 Å². The van der Waals surface area contributed by atoms with Crippen LogP contribution in [-0.2, 0) is 4.79 Å². The van der Waals surface area contributed by atoms with Crippen molar-refractivity contribution in [2.75, 3.05) is 26.5 Å². The molecule has 0 aliphatic rings. The molecule has 3 nitrogen and oxygen atoms in total. The summed E-state index contributed by atoms with van der Waals surface area (Å²) in [4.78, 5) is 12.9. The molecule has 0 aliphatic heterocycles. The highest BCUT2D eigenvalue weighted by Crippen LogP contribution is 1.88. The molecule has 0 radical (unpaired) electrons. The number of alkyl halides is 1. The van der Waals surface area contributed by atoms with E-state index in [1.54, 1.807) is 19.0 Å². The second-order valence-electron chi connectivity index (χ2n) is 2.99. The molecule has 0 aromatic heterocycles. The molecule has 0 heterocycles. The van der Waals surface area contributed by atoms with Gasteiger partial charge in [-0.3, -0.25) is 4.79 Å². The molecule has 0 fully saturated rings. The van der Waals surface area contributed by atoms with Crippen LogP contribution in [0.1, 0.15) is 6.92 Å². The lowest BCUT2D eigenvalue weighted by Gasteiger charge is -2.16. The summed E-state index contributed by atoms with van der Waals surface area (Å²) in [6.07, 6.45) is 3.76. The normalized spacial score (nSPS) is 13.2. The van der Waals surface area contributed by atoms with Crippen LogP contribution in [-0.4, -0.2) is 43.4 Å². The van der Waals surface area contributed by atoms with Crippen LogP contribution in [0.3, 0.4) is 0 Å². The highest BCUT2D eigenvalue weighted by atomic mass is 35.5. The largest absolute Gasteiger partial charge is 0.347 e. The second kappa shape index (κ2) is 6.92. The highest BCUT2D eigenvalue weighted by Gasteiger charge is 2.12. The number of nitrogens with zero attached hydrogens (tertiary/aromatic N) is 1. The van der Waals surface area contributed by atoms with Gasteiger partial charge in [0, 0.05) is 26.5 Å². The van der Waals surface area contributed by atoms with E-state index in [9.17, 15) is 4.79 Å². The number of halogens is 1. The topological polar surface area (TPSA) is 32.3 Å². The molecular weight excluding hydrogens is 188 g/mol. The third-order valence-corrected chi connectivity index (χ3v) is 1.79. The number of hydrogen-bond acceptors (Lipinski definition) is 2. The molecule has 1 unspecified atom stereocenters. The van der Waals surface area contributed by atoms with Crippen LogP contribution in [0.2, 0.25) is 0 Å². The molecule has 0 bridgehead atoms. The zero-order valence-corrected chi connectivity index (χ0v) is 9.14. The first-order valence-corrected chi connectivity index (χ1v) is 4.78. The van der Waals surface area contributed by atoms with Gasteiger partial charge in [-0.05, 0) is 6.92 Å². The van der Waals surface area contributed by atoms with Gasteiger partial charge in [-0.25, -0.2) is 0 Å². The molecule has 1 atom stereocenters. The van der Waals surface area contributed by atoms with Crippen LogP contribution in [0.5, 0.6) is 0 Å². The summed E-state index contributed by atoms with van der Waals surface area (Å²) < 4.78 is 0. The second-order valence-corrected chi connectivity index (χ2v) is 3.30. The van der Waals surface area contributed by atoms with Gasteiger partial charge >= 0.3 is 0 Å². The molecule has 4 heteroatoms. The third-order valence-electron chi connectivity index (χ3n) is 1.61. The van der Waals surface area contributed by atoms with Crippen LogP contribution >= 0.6 is 11.6 Å². The van der Waals surface area contributed by atoms with Gasteiger partial charge in [-0.1, -0.05) is 12.2 Å². The smallest absolute Gasteiger partial charge is 0.238 e. The summed E-state index contributed by atoms with van der Waals surface area (Å²) in [6.45, 7) is 2.52. The van der Waals surface area contributed by atoms with E-state index in [0.717, 1.165) is 0 Å². The quantitative estimate of drug-likeness (QED) is 0.532. The molecule has 0 aromatic carbocycles. The molecule has 13 heavy (non-hydrogen) atoms. The fourth-order valence-corrected chi connectivity index (χ4v) is 0.992. The minimum absolute atomic E-state index is 0.0827. The van der Waals surface area contributed by atoms with Crippen molar-refractivity contribution in [3.8, 4) is 0 Å². The summed E-state index contributed by atoms with van der Waals surface area (Å²) in [7, 11) is 3.49. The number of likely N-dealkylation sites (N-methyl/N-ethyl adjacent to an activating group) is 1. The molecule has 0 rings (SSSR count). The predicted molar refractivity (Wildman–Crippen MR) is 56.0 cm³/mol. The SMILES string of the molecule is CC(NC/C=C/CCl)C(=O)N(C)C. The van der Waals surface area contributed by atoms with Crippen molar-refractivity contribution in [1.82, 2.24) is 10.2 Å². The van der Waals surface area contributed by atoms with Crippen molar-refractivity contribution in [2.24, 2.45) is 0 Å². The number of allylic oxidation sites excluding steroid dienone is 1. The van der Waals surface area contributed by atoms with Gasteiger partial charge in [0.15, 0.2) is 0 Å². The summed E-state index contributed by atoms with van der Waals surface area (Å²) in [6, 6.07) is -0.144. The molecule has 0 saturated heterocycles. The highest BCUT2D eigenvalue weighted by molar-refractivity contribution is 6.18. The standard InChI is InChI=1S/C9H17ClN2O/c1-8(9(13)12(2)3)11-7-5-4-6-10/h4-5,8,11H,6-7H2,1-3H3/b5-4+. The van der Waals surface area contributed by atoms with Gasteiger partial charge in [0.1, 0.15) is 0 Å².